The van der Waals surface area contributed by atoms with E-state index >= 15 is 0 Å². The van der Waals surface area contributed by atoms with Gasteiger partial charge in [0.15, 0.2) is 17.1 Å². The molecule has 2 aromatic carbocycles. The van der Waals surface area contributed by atoms with Gasteiger partial charge in [-0.15, -0.1) is 0 Å². The van der Waals surface area contributed by atoms with Crippen LogP contribution in [0.1, 0.15) is 19.8 Å². The minimum Gasteiger partial charge on any atom is -0.490 e. The van der Waals surface area contributed by atoms with Crippen molar-refractivity contribution in [2.75, 3.05) is 24.6 Å². The third kappa shape index (κ3) is 3.74. The van der Waals surface area contributed by atoms with E-state index in [1.54, 1.807) is 6.07 Å². The summed E-state index contributed by atoms with van der Waals surface area (Å²) in [5.41, 5.74) is 1.63. The van der Waals surface area contributed by atoms with Crippen molar-refractivity contribution in [2.24, 2.45) is 5.92 Å². The fraction of sp³-hybridized carbons (Fsp3) is 0.333. The molecule has 0 saturated carbocycles. The van der Waals surface area contributed by atoms with E-state index < -0.39 is 0 Å². The third-order valence-corrected chi connectivity index (χ3v) is 4.74. The largest absolute Gasteiger partial charge is 0.490 e. The standard InChI is InChI=1S/C21H22N2O4/c1-2-25-18-9-5-6-10-19(18)26-20(24)15-11-13-23(14-12-15)21-22-16-7-3-4-8-17(16)27-21/h3-10,15H,2,11-14H2,1H3. The molecule has 3 aromatic rings. The number of oxazole rings is 1. The van der Waals surface area contributed by atoms with Crippen LogP contribution < -0.4 is 14.4 Å². The van der Waals surface area contributed by atoms with Gasteiger partial charge in [0, 0.05) is 13.1 Å². The maximum atomic E-state index is 12.6. The minimum absolute atomic E-state index is 0.139. The number of anilines is 1. The molecule has 0 bridgehead atoms. The van der Waals surface area contributed by atoms with E-state index in [4.69, 9.17) is 13.9 Å². The number of piperidine rings is 1. The number of ether oxygens (including phenoxy) is 2. The summed E-state index contributed by atoms with van der Waals surface area (Å²) in [5.74, 6) is 0.725. The predicted molar refractivity (Wildman–Crippen MR) is 102 cm³/mol. The normalized spacial score (nSPS) is 15.1. The first-order valence-electron chi connectivity index (χ1n) is 9.28. The molecule has 0 N–H and O–H groups in total. The number of benzene rings is 2. The number of hydrogen-bond donors (Lipinski definition) is 0. The summed E-state index contributed by atoms with van der Waals surface area (Å²) in [6.45, 7) is 3.84. The number of carbonyl (C=O) groups is 1. The number of carbonyl (C=O) groups excluding carboxylic acids is 1. The molecule has 1 saturated heterocycles. The molecule has 1 aliphatic heterocycles. The topological polar surface area (TPSA) is 64.8 Å². The van der Waals surface area contributed by atoms with E-state index in [-0.39, 0.29) is 11.9 Å². The van der Waals surface area contributed by atoms with Crippen LogP contribution in [0.4, 0.5) is 6.01 Å². The molecule has 1 aromatic heterocycles. The summed E-state index contributed by atoms with van der Waals surface area (Å²) in [6, 6.07) is 15.6. The second-order valence-corrected chi connectivity index (χ2v) is 6.53. The molecule has 0 spiro atoms. The summed E-state index contributed by atoms with van der Waals surface area (Å²) < 4.78 is 17.0. The van der Waals surface area contributed by atoms with Crippen molar-refractivity contribution in [1.29, 1.82) is 0 Å². The SMILES string of the molecule is CCOc1ccccc1OC(=O)C1CCN(c2nc3ccccc3o2)CC1. The van der Waals surface area contributed by atoms with Gasteiger partial charge in [0.2, 0.25) is 0 Å². The molecule has 6 nitrogen and oxygen atoms in total. The van der Waals surface area contributed by atoms with Crippen molar-refractivity contribution < 1.29 is 18.7 Å². The van der Waals surface area contributed by atoms with E-state index in [0.29, 0.717) is 50.1 Å². The number of nitrogens with zero attached hydrogens (tertiary/aromatic N) is 2. The van der Waals surface area contributed by atoms with Crippen molar-refractivity contribution >= 4 is 23.1 Å². The number of aromatic nitrogens is 1. The van der Waals surface area contributed by atoms with Crippen molar-refractivity contribution in [1.82, 2.24) is 4.98 Å². The molecule has 4 rings (SSSR count). The zero-order valence-electron chi connectivity index (χ0n) is 15.3. The third-order valence-electron chi connectivity index (χ3n) is 4.74. The van der Waals surface area contributed by atoms with Crippen LogP contribution in [0.15, 0.2) is 52.9 Å². The Labute approximate surface area is 157 Å². The lowest BCUT2D eigenvalue weighted by molar-refractivity contribution is -0.139. The number of rotatable bonds is 5. The van der Waals surface area contributed by atoms with E-state index in [2.05, 4.69) is 9.88 Å². The highest BCUT2D eigenvalue weighted by Gasteiger charge is 2.29. The molecule has 0 aliphatic carbocycles. The second-order valence-electron chi connectivity index (χ2n) is 6.53. The number of hydrogen-bond acceptors (Lipinski definition) is 6. The van der Waals surface area contributed by atoms with Gasteiger partial charge in [0.1, 0.15) is 5.52 Å². The molecule has 1 fully saturated rings. The first-order chi connectivity index (χ1) is 13.2. The van der Waals surface area contributed by atoms with Crippen molar-refractivity contribution in [3.05, 3.63) is 48.5 Å². The zero-order chi connectivity index (χ0) is 18.6. The van der Waals surface area contributed by atoms with Crippen LogP contribution in [0.5, 0.6) is 11.5 Å². The quantitative estimate of drug-likeness (QED) is 0.501. The molecule has 27 heavy (non-hydrogen) atoms. The van der Waals surface area contributed by atoms with Crippen molar-refractivity contribution in [3.63, 3.8) is 0 Å². The second kappa shape index (κ2) is 7.70. The van der Waals surface area contributed by atoms with Crippen LogP contribution in [-0.4, -0.2) is 30.6 Å². The van der Waals surface area contributed by atoms with Crippen molar-refractivity contribution in [2.45, 2.75) is 19.8 Å². The lowest BCUT2D eigenvalue weighted by atomic mass is 9.97. The molecule has 0 unspecified atom stereocenters. The Morgan fingerprint density at radius 3 is 2.56 bits per heavy atom. The lowest BCUT2D eigenvalue weighted by Crippen LogP contribution is -2.37. The Morgan fingerprint density at radius 1 is 1.11 bits per heavy atom. The van der Waals surface area contributed by atoms with E-state index in [9.17, 15) is 4.79 Å². The highest BCUT2D eigenvalue weighted by Crippen LogP contribution is 2.30. The molecule has 0 radical (unpaired) electrons. The molecule has 6 heteroatoms. The monoisotopic (exact) mass is 366 g/mol. The Hall–Kier alpha value is -3.02. The fourth-order valence-corrected chi connectivity index (χ4v) is 3.30. The molecule has 0 atom stereocenters. The van der Waals surface area contributed by atoms with E-state index in [0.717, 1.165) is 11.1 Å². The van der Waals surface area contributed by atoms with Gasteiger partial charge in [0.25, 0.3) is 6.01 Å². The van der Waals surface area contributed by atoms with Gasteiger partial charge in [-0.05, 0) is 44.0 Å². The highest BCUT2D eigenvalue weighted by atomic mass is 16.6. The summed E-state index contributed by atoms with van der Waals surface area (Å²) >= 11 is 0. The molecule has 140 valence electrons. The Bertz CT molecular complexity index is 896. The average Bonchev–Trinajstić information content (AvgIpc) is 3.14. The summed E-state index contributed by atoms with van der Waals surface area (Å²) in [7, 11) is 0. The van der Waals surface area contributed by atoms with Crippen LogP contribution in [-0.2, 0) is 4.79 Å². The van der Waals surface area contributed by atoms with Crippen LogP contribution in [0.2, 0.25) is 0 Å². The molecular formula is C21H22N2O4. The minimum atomic E-state index is -0.209. The predicted octanol–water partition coefficient (Wildman–Crippen LogP) is 4.05. The van der Waals surface area contributed by atoms with Gasteiger partial charge in [-0.3, -0.25) is 4.79 Å². The maximum absolute atomic E-state index is 12.6. The molecule has 0 amide bonds. The lowest BCUT2D eigenvalue weighted by Gasteiger charge is -2.29. The maximum Gasteiger partial charge on any atom is 0.314 e. The summed E-state index contributed by atoms with van der Waals surface area (Å²) in [5, 5.41) is 0. The smallest absolute Gasteiger partial charge is 0.314 e. The van der Waals surface area contributed by atoms with Crippen LogP contribution in [0.25, 0.3) is 11.1 Å². The first-order valence-corrected chi connectivity index (χ1v) is 9.28. The van der Waals surface area contributed by atoms with Crippen LogP contribution in [0.3, 0.4) is 0 Å². The van der Waals surface area contributed by atoms with Crippen LogP contribution in [0, 0.1) is 5.92 Å². The van der Waals surface area contributed by atoms with E-state index in [1.807, 2.05) is 49.4 Å². The van der Waals surface area contributed by atoms with Crippen molar-refractivity contribution in [3.8, 4) is 11.5 Å². The summed E-state index contributed by atoms with van der Waals surface area (Å²) in [6.07, 6.45) is 1.41. The number of esters is 1. The van der Waals surface area contributed by atoms with Gasteiger partial charge in [-0.1, -0.05) is 24.3 Å². The summed E-state index contributed by atoms with van der Waals surface area (Å²) in [4.78, 5) is 19.2. The number of para-hydroxylation sites is 4. The van der Waals surface area contributed by atoms with Gasteiger partial charge in [-0.2, -0.15) is 4.98 Å². The molecule has 1 aliphatic rings. The number of fused-ring (bicyclic) bond motifs is 1. The molecule has 2 heterocycles. The molecular weight excluding hydrogens is 344 g/mol. The zero-order valence-corrected chi connectivity index (χ0v) is 15.3. The Kier molecular flexibility index (Phi) is 4.96. The first kappa shape index (κ1) is 17.4. The fourth-order valence-electron chi connectivity index (χ4n) is 3.30. The van der Waals surface area contributed by atoms with Crippen LogP contribution >= 0.6 is 0 Å². The Morgan fingerprint density at radius 2 is 1.81 bits per heavy atom. The Balaban J connectivity index is 1.38. The van der Waals surface area contributed by atoms with Gasteiger partial charge >= 0.3 is 5.97 Å². The highest BCUT2D eigenvalue weighted by molar-refractivity contribution is 5.77. The van der Waals surface area contributed by atoms with E-state index in [1.165, 1.54) is 0 Å². The van der Waals surface area contributed by atoms with Gasteiger partial charge < -0.3 is 18.8 Å². The van der Waals surface area contributed by atoms with Gasteiger partial charge in [-0.25, -0.2) is 0 Å². The average molecular weight is 366 g/mol. The van der Waals surface area contributed by atoms with Gasteiger partial charge in [0.05, 0.1) is 12.5 Å².